The number of halogens is 1. The van der Waals surface area contributed by atoms with E-state index in [9.17, 15) is 4.79 Å². The van der Waals surface area contributed by atoms with Crippen LogP contribution in [0.15, 0.2) is 42.5 Å². The largest absolute Gasteiger partial charge is 0.490 e. The molecule has 2 aromatic rings. The molecule has 22 heavy (non-hydrogen) atoms. The summed E-state index contributed by atoms with van der Waals surface area (Å²) in [5.41, 5.74) is 2.93. The summed E-state index contributed by atoms with van der Waals surface area (Å²) in [5.74, 6) is 0.627. The summed E-state index contributed by atoms with van der Waals surface area (Å²) in [6, 6.07) is 12.9. The van der Waals surface area contributed by atoms with Crippen molar-refractivity contribution < 1.29 is 9.53 Å². The average molecular weight is 319 g/mol. The first-order valence-electron chi connectivity index (χ1n) is 7.05. The van der Waals surface area contributed by atoms with Crippen molar-refractivity contribution >= 4 is 23.3 Å². The van der Waals surface area contributed by atoms with Gasteiger partial charge in [-0.15, -0.1) is 0 Å². The Morgan fingerprint density at radius 3 is 2.68 bits per heavy atom. The van der Waals surface area contributed by atoms with Gasteiger partial charge in [0.2, 0.25) is 0 Å². The number of aryl methyl sites for hydroxylation is 2. The third-order valence-corrected chi connectivity index (χ3v) is 3.32. The van der Waals surface area contributed by atoms with E-state index in [1.54, 1.807) is 6.07 Å². The molecule has 2 aromatic carbocycles. The molecule has 0 spiro atoms. The smallest absolute Gasteiger partial charge is 0.319 e. The zero-order chi connectivity index (χ0) is 15.9. The fraction of sp³-hybridized carbons (Fsp3) is 0.235. The third kappa shape index (κ3) is 4.97. The van der Waals surface area contributed by atoms with E-state index in [1.165, 1.54) is 0 Å². The van der Waals surface area contributed by atoms with Crippen molar-refractivity contribution in [3.63, 3.8) is 0 Å². The van der Waals surface area contributed by atoms with Crippen molar-refractivity contribution in [1.29, 1.82) is 0 Å². The zero-order valence-electron chi connectivity index (χ0n) is 12.7. The van der Waals surface area contributed by atoms with Crippen LogP contribution in [-0.4, -0.2) is 19.2 Å². The highest BCUT2D eigenvalue weighted by atomic mass is 35.5. The Labute approximate surface area is 135 Å². The highest BCUT2D eigenvalue weighted by molar-refractivity contribution is 6.32. The molecule has 0 aliphatic carbocycles. The molecule has 0 heterocycles. The van der Waals surface area contributed by atoms with Gasteiger partial charge in [0.15, 0.2) is 0 Å². The minimum absolute atomic E-state index is 0.260. The molecule has 0 aliphatic rings. The Morgan fingerprint density at radius 2 is 1.91 bits per heavy atom. The third-order valence-electron chi connectivity index (χ3n) is 3.01. The second kappa shape index (κ2) is 7.71. The van der Waals surface area contributed by atoms with E-state index in [0.717, 1.165) is 16.8 Å². The van der Waals surface area contributed by atoms with Crippen LogP contribution in [0.5, 0.6) is 5.75 Å². The van der Waals surface area contributed by atoms with Crippen LogP contribution >= 0.6 is 11.6 Å². The molecule has 0 fully saturated rings. The summed E-state index contributed by atoms with van der Waals surface area (Å²) >= 11 is 6.04. The maximum Gasteiger partial charge on any atom is 0.319 e. The Bertz CT molecular complexity index is 659. The molecule has 0 saturated carbocycles. The van der Waals surface area contributed by atoms with Crippen LogP contribution in [0.4, 0.5) is 10.5 Å². The quantitative estimate of drug-likeness (QED) is 0.813. The molecule has 0 atom stereocenters. The number of benzene rings is 2. The van der Waals surface area contributed by atoms with E-state index in [1.807, 2.05) is 50.2 Å². The molecule has 116 valence electrons. The normalized spacial score (nSPS) is 10.1. The SMILES string of the molecule is Cc1cccc(NC(=O)NCCOc2cc(C)ccc2Cl)c1. The summed E-state index contributed by atoms with van der Waals surface area (Å²) in [6.07, 6.45) is 0. The highest BCUT2D eigenvalue weighted by Gasteiger charge is 2.03. The zero-order valence-corrected chi connectivity index (χ0v) is 13.4. The predicted octanol–water partition coefficient (Wildman–Crippen LogP) is 4.16. The minimum atomic E-state index is -0.260. The number of amides is 2. The van der Waals surface area contributed by atoms with Crippen molar-refractivity contribution in [1.82, 2.24) is 5.32 Å². The maximum absolute atomic E-state index is 11.8. The van der Waals surface area contributed by atoms with Gasteiger partial charge in [-0.25, -0.2) is 4.79 Å². The second-order valence-corrected chi connectivity index (χ2v) is 5.44. The summed E-state index contributed by atoms with van der Waals surface area (Å²) in [7, 11) is 0. The number of nitrogens with one attached hydrogen (secondary N) is 2. The van der Waals surface area contributed by atoms with Crippen molar-refractivity contribution in [2.75, 3.05) is 18.5 Å². The predicted molar refractivity (Wildman–Crippen MR) is 89.9 cm³/mol. The molecular formula is C17H19ClN2O2. The topological polar surface area (TPSA) is 50.4 Å². The second-order valence-electron chi connectivity index (χ2n) is 5.03. The molecule has 2 amide bonds. The van der Waals surface area contributed by atoms with Crippen LogP contribution in [0.2, 0.25) is 5.02 Å². The van der Waals surface area contributed by atoms with Crippen molar-refractivity contribution in [3.05, 3.63) is 58.6 Å². The lowest BCUT2D eigenvalue weighted by atomic mass is 10.2. The highest BCUT2D eigenvalue weighted by Crippen LogP contribution is 2.24. The number of carbonyl (C=O) groups excluding carboxylic acids is 1. The van der Waals surface area contributed by atoms with Gasteiger partial charge in [-0.3, -0.25) is 0 Å². The summed E-state index contributed by atoms with van der Waals surface area (Å²) in [5, 5.41) is 6.07. The van der Waals surface area contributed by atoms with Crippen LogP contribution in [0.1, 0.15) is 11.1 Å². The lowest BCUT2D eigenvalue weighted by Crippen LogP contribution is -2.32. The Hall–Kier alpha value is -2.20. The van der Waals surface area contributed by atoms with Gasteiger partial charge in [-0.05, 0) is 49.2 Å². The first-order chi connectivity index (χ1) is 10.5. The maximum atomic E-state index is 11.8. The molecule has 2 N–H and O–H groups in total. The lowest BCUT2D eigenvalue weighted by Gasteiger charge is -2.10. The van der Waals surface area contributed by atoms with Gasteiger partial charge >= 0.3 is 6.03 Å². The molecule has 4 nitrogen and oxygen atoms in total. The van der Waals surface area contributed by atoms with E-state index < -0.39 is 0 Å². The lowest BCUT2D eigenvalue weighted by molar-refractivity contribution is 0.247. The van der Waals surface area contributed by atoms with Crippen LogP contribution in [0.25, 0.3) is 0 Å². The van der Waals surface area contributed by atoms with Crippen molar-refractivity contribution in [2.24, 2.45) is 0 Å². The Morgan fingerprint density at radius 1 is 1.14 bits per heavy atom. The first-order valence-corrected chi connectivity index (χ1v) is 7.43. The summed E-state index contributed by atoms with van der Waals surface area (Å²) in [4.78, 5) is 11.8. The van der Waals surface area contributed by atoms with E-state index in [2.05, 4.69) is 10.6 Å². The molecule has 0 aliphatic heterocycles. The molecule has 0 bridgehead atoms. The van der Waals surface area contributed by atoms with Gasteiger partial charge < -0.3 is 15.4 Å². The molecule has 0 aromatic heterocycles. The Kier molecular flexibility index (Phi) is 5.67. The molecule has 0 unspecified atom stereocenters. The van der Waals surface area contributed by atoms with E-state index in [-0.39, 0.29) is 6.03 Å². The van der Waals surface area contributed by atoms with Gasteiger partial charge in [0.05, 0.1) is 11.6 Å². The van der Waals surface area contributed by atoms with Gasteiger partial charge in [-0.1, -0.05) is 29.8 Å². The van der Waals surface area contributed by atoms with E-state index in [4.69, 9.17) is 16.3 Å². The van der Waals surface area contributed by atoms with Gasteiger partial charge in [0.1, 0.15) is 12.4 Å². The number of rotatable bonds is 5. The molecule has 2 rings (SSSR count). The molecule has 0 radical (unpaired) electrons. The standard InChI is InChI=1S/C17H19ClN2O2/c1-12-4-3-5-14(10-12)20-17(21)19-8-9-22-16-11-13(2)6-7-15(16)18/h3-7,10-11H,8-9H2,1-2H3,(H2,19,20,21). The van der Waals surface area contributed by atoms with E-state index in [0.29, 0.717) is 23.9 Å². The molecule has 0 saturated heterocycles. The van der Waals surface area contributed by atoms with Crippen molar-refractivity contribution in [3.8, 4) is 5.75 Å². The Balaban J connectivity index is 1.74. The first kappa shape index (κ1) is 16.2. The number of carbonyl (C=O) groups is 1. The summed E-state index contributed by atoms with van der Waals surface area (Å²) < 4.78 is 5.56. The minimum Gasteiger partial charge on any atom is -0.490 e. The van der Waals surface area contributed by atoms with Crippen LogP contribution in [-0.2, 0) is 0 Å². The number of hydrogen-bond acceptors (Lipinski definition) is 2. The van der Waals surface area contributed by atoms with Crippen LogP contribution in [0, 0.1) is 13.8 Å². The van der Waals surface area contributed by atoms with Gasteiger partial charge in [0.25, 0.3) is 0 Å². The molecular weight excluding hydrogens is 300 g/mol. The summed E-state index contributed by atoms with van der Waals surface area (Å²) in [6.45, 7) is 4.69. The number of urea groups is 1. The van der Waals surface area contributed by atoms with Crippen molar-refractivity contribution in [2.45, 2.75) is 13.8 Å². The average Bonchev–Trinajstić information content (AvgIpc) is 2.47. The number of ether oxygens (including phenoxy) is 1. The fourth-order valence-corrected chi connectivity index (χ4v) is 2.12. The molecule has 5 heteroatoms. The monoisotopic (exact) mass is 318 g/mol. The van der Waals surface area contributed by atoms with Crippen LogP contribution < -0.4 is 15.4 Å². The number of anilines is 1. The number of hydrogen-bond donors (Lipinski definition) is 2. The fourth-order valence-electron chi connectivity index (χ4n) is 1.94. The van der Waals surface area contributed by atoms with Crippen LogP contribution in [0.3, 0.4) is 0 Å². The van der Waals surface area contributed by atoms with Gasteiger partial charge in [0, 0.05) is 5.69 Å². The van der Waals surface area contributed by atoms with E-state index >= 15 is 0 Å². The van der Waals surface area contributed by atoms with Gasteiger partial charge in [-0.2, -0.15) is 0 Å².